The van der Waals surface area contributed by atoms with E-state index in [2.05, 4.69) is 0 Å². The second kappa shape index (κ2) is 5.03. The van der Waals surface area contributed by atoms with Crippen molar-refractivity contribution in [2.75, 3.05) is 19.7 Å². The minimum atomic E-state index is -0.855. The minimum Gasteiger partial charge on any atom is -0.485 e. The zero-order chi connectivity index (χ0) is 14.1. The Hall–Kier alpha value is -2.24. The van der Waals surface area contributed by atoms with E-state index in [0.29, 0.717) is 24.5 Å². The maximum atomic E-state index is 12.3. The summed E-state index contributed by atoms with van der Waals surface area (Å²) in [7, 11) is 0. The Balaban J connectivity index is 1.66. The second-order valence-corrected chi connectivity index (χ2v) is 4.97. The highest BCUT2D eigenvalue weighted by atomic mass is 16.6. The van der Waals surface area contributed by atoms with E-state index in [1.54, 1.807) is 17.0 Å². The number of carbonyl (C=O) groups is 2. The summed E-state index contributed by atoms with van der Waals surface area (Å²) in [4.78, 5) is 24.8. The summed E-state index contributed by atoms with van der Waals surface area (Å²) in [6.45, 7) is 0.858. The lowest BCUT2D eigenvalue weighted by molar-refractivity contribution is -0.142. The number of carboxylic acid groups (broad SMARTS) is 1. The van der Waals surface area contributed by atoms with Crippen molar-refractivity contribution < 1.29 is 24.2 Å². The molecule has 1 N–H and O–H groups in total. The number of carboxylic acids is 1. The summed E-state index contributed by atoms with van der Waals surface area (Å²) in [6, 6.07) is 7.18. The fourth-order valence-corrected chi connectivity index (χ4v) is 2.51. The van der Waals surface area contributed by atoms with E-state index < -0.39 is 18.0 Å². The van der Waals surface area contributed by atoms with Crippen molar-refractivity contribution in [1.29, 1.82) is 0 Å². The normalized spacial score (nSPS) is 24.5. The van der Waals surface area contributed by atoms with Gasteiger partial charge in [-0.2, -0.15) is 0 Å². The molecule has 0 saturated carbocycles. The third kappa shape index (κ3) is 2.29. The molecule has 6 heteroatoms. The first-order valence-corrected chi connectivity index (χ1v) is 6.55. The SMILES string of the molecule is O=C(O)C1CCN(C(=O)C2COc3ccccc3O2)C1. The van der Waals surface area contributed by atoms with Gasteiger partial charge in [0.2, 0.25) is 6.10 Å². The molecule has 2 atom stereocenters. The number of hydrogen-bond acceptors (Lipinski definition) is 4. The molecule has 0 bridgehead atoms. The third-order valence-corrected chi connectivity index (χ3v) is 3.63. The van der Waals surface area contributed by atoms with Crippen molar-refractivity contribution in [3.05, 3.63) is 24.3 Å². The molecular formula is C14H15NO5. The van der Waals surface area contributed by atoms with Crippen LogP contribution in [0.2, 0.25) is 0 Å². The van der Waals surface area contributed by atoms with E-state index in [4.69, 9.17) is 14.6 Å². The zero-order valence-electron chi connectivity index (χ0n) is 10.8. The topological polar surface area (TPSA) is 76.1 Å². The summed E-state index contributed by atoms with van der Waals surface area (Å²) >= 11 is 0. The number of aliphatic carboxylic acids is 1. The number of amides is 1. The molecule has 0 aliphatic carbocycles. The molecule has 2 aliphatic rings. The van der Waals surface area contributed by atoms with E-state index in [9.17, 15) is 9.59 Å². The van der Waals surface area contributed by atoms with Gasteiger partial charge in [0.25, 0.3) is 5.91 Å². The Bertz CT molecular complexity index is 544. The van der Waals surface area contributed by atoms with Crippen molar-refractivity contribution in [3.8, 4) is 11.5 Å². The van der Waals surface area contributed by atoms with Crippen LogP contribution < -0.4 is 9.47 Å². The summed E-state index contributed by atoms with van der Waals surface area (Å²) < 4.78 is 11.1. The average Bonchev–Trinajstić information content (AvgIpc) is 2.96. The second-order valence-electron chi connectivity index (χ2n) is 4.97. The van der Waals surface area contributed by atoms with E-state index in [1.165, 1.54) is 0 Å². The Labute approximate surface area is 115 Å². The van der Waals surface area contributed by atoms with Gasteiger partial charge in [-0.05, 0) is 18.6 Å². The molecule has 2 heterocycles. The Morgan fingerprint density at radius 1 is 1.25 bits per heavy atom. The lowest BCUT2D eigenvalue weighted by Crippen LogP contribution is -2.45. The molecule has 1 saturated heterocycles. The van der Waals surface area contributed by atoms with E-state index in [0.717, 1.165) is 0 Å². The molecular weight excluding hydrogens is 262 g/mol. The smallest absolute Gasteiger partial charge is 0.308 e. The number of benzene rings is 1. The maximum Gasteiger partial charge on any atom is 0.308 e. The largest absolute Gasteiger partial charge is 0.485 e. The lowest BCUT2D eigenvalue weighted by Gasteiger charge is -2.28. The van der Waals surface area contributed by atoms with Crippen LogP contribution in [0.3, 0.4) is 0 Å². The molecule has 1 aromatic carbocycles. The number of ether oxygens (including phenoxy) is 2. The molecule has 0 spiro atoms. The van der Waals surface area contributed by atoms with Gasteiger partial charge in [-0.15, -0.1) is 0 Å². The van der Waals surface area contributed by atoms with Gasteiger partial charge in [0.05, 0.1) is 5.92 Å². The molecule has 0 aromatic heterocycles. The first-order chi connectivity index (χ1) is 9.65. The molecule has 6 nitrogen and oxygen atoms in total. The fourth-order valence-electron chi connectivity index (χ4n) is 2.51. The van der Waals surface area contributed by atoms with Gasteiger partial charge in [0, 0.05) is 13.1 Å². The molecule has 2 aliphatic heterocycles. The van der Waals surface area contributed by atoms with Crippen LogP contribution in [0, 0.1) is 5.92 Å². The first-order valence-electron chi connectivity index (χ1n) is 6.55. The molecule has 106 valence electrons. The highest BCUT2D eigenvalue weighted by molar-refractivity contribution is 5.83. The van der Waals surface area contributed by atoms with Crippen LogP contribution in [-0.2, 0) is 9.59 Å². The standard InChI is InChI=1S/C14H15NO5/c16-13(15-6-5-9(7-15)14(17)18)12-8-19-10-3-1-2-4-11(10)20-12/h1-4,9,12H,5-8H2,(H,17,18). The summed E-state index contributed by atoms with van der Waals surface area (Å²) in [5, 5.41) is 8.96. The number of rotatable bonds is 2. The van der Waals surface area contributed by atoms with Crippen LogP contribution in [0.4, 0.5) is 0 Å². The number of likely N-dealkylation sites (tertiary alicyclic amines) is 1. The molecule has 2 unspecified atom stereocenters. The average molecular weight is 277 g/mol. The number of carbonyl (C=O) groups excluding carboxylic acids is 1. The van der Waals surface area contributed by atoms with Gasteiger partial charge in [0.15, 0.2) is 11.5 Å². The number of nitrogens with zero attached hydrogens (tertiary/aromatic N) is 1. The van der Waals surface area contributed by atoms with Crippen LogP contribution in [-0.4, -0.2) is 47.7 Å². The van der Waals surface area contributed by atoms with Gasteiger partial charge < -0.3 is 19.5 Å². The van der Waals surface area contributed by atoms with Gasteiger partial charge in [-0.3, -0.25) is 9.59 Å². The fraction of sp³-hybridized carbons (Fsp3) is 0.429. The van der Waals surface area contributed by atoms with Gasteiger partial charge >= 0.3 is 5.97 Å². The monoisotopic (exact) mass is 277 g/mol. The predicted octanol–water partition coefficient (Wildman–Crippen LogP) is 0.759. The summed E-state index contributed by atoms with van der Waals surface area (Å²) in [5.41, 5.74) is 0. The highest BCUT2D eigenvalue weighted by Gasteiger charge is 2.36. The van der Waals surface area contributed by atoms with Gasteiger partial charge in [-0.25, -0.2) is 0 Å². The van der Waals surface area contributed by atoms with Crippen LogP contribution in [0.25, 0.3) is 0 Å². The first kappa shape index (κ1) is 12.8. The van der Waals surface area contributed by atoms with Crippen molar-refractivity contribution in [1.82, 2.24) is 4.90 Å². The Kier molecular flexibility index (Phi) is 3.22. The quantitative estimate of drug-likeness (QED) is 0.863. The number of fused-ring (bicyclic) bond motifs is 1. The van der Waals surface area contributed by atoms with Gasteiger partial charge in [0.1, 0.15) is 6.61 Å². The number of hydrogen-bond donors (Lipinski definition) is 1. The van der Waals surface area contributed by atoms with E-state index in [-0.39, 0.29) is 19.1 Å². The lowest BCUT2D eigenvalue weighted by atomic mass is 10.1. The highest BCUT2D eigenvalue weighted by Crippen LogP contribution is 2.31. The summed E-state index contributed by atoms with van der Waals surface area (Å²) in [5.74, 6) is -0.363. The van der Waals surface area contributed by atoms with E-state index >= 15 is 0 Å². The Morgan fingerprint density at radius 2 is 2.00 bits per heavy atom. The van der Waals surface area contributed by atoms with Crippen LogP contribution in [0.5, 0.6) is 11.5 Å². The van der Waals surface area contributed by atoms with Gasteiger partial charge in [-0.1, -0.05) is 12.1 Å². The minimum absolute atomic E-state index is 0.157. The number of para-hydroxylation sites is 2. The third-order valence-electron chi connectivity index (χ3n) is 3.63. The Morgan fingerprint density at radius 3 is 2.70 bits per heavy atom. The predicted molar refractivity (Wildman–Crippen MR) is 68.7 cm³/mol. The van der Waals surface area contributed by atoms with Crippen LogP contribution in [0.15, 0.2) is 24.3 Å². The van der Waals surface area contributed by atoms with Crippen LogP contribution >= 0.6 is 0 Å². The van der Waals surface area contributed by atoms with E-state index in [1.807, 2.05) is 12.1 Å². The van der Waals surface area contributed by atoms with Crippen molar-refractivity contribution >= 4 is 11.9 Å². The molecule has 20 heavy (non-hydrogen) atoms. The van der Waals surface area contributed by atoms with Crippen LogP contribution in [0.1, 0.15) is 6.42 Å². The van der Waals surface area contributed by atoms with Crippen molar-refractivity contribution in [2.45, 2.75) is 12.5 Å². The molecule has 3 rings (SSSR count). The molecule has 1 fully saturated rings. The van der Waals surface area contributed by atoms with Crippen molar-refractivity contribution in [3.63, 3.8) is 0 Å². The van der Waals surface area contributed by atoms with Crippen molar-refractivity contribution in [2.24, 2.45) is 5.92 Å². The molecule has 1 amide bonds. The molecule has 1 aromatic rings. The molecule has 0 radical (unpaired) electrons. The maximum absolute atomic E-state index is 12.3. The zero-order valence-corrected chi connectivity index (χ0v) is 10.8. The summed E-state index contributed by atoms with van der Waals surface area (Å²) in [6.07, 6.45) is -0.206.